The molecule has 0 aliphatic heterocycles. The summed E-state index contributed by atoms with van der Waals surface area (Å²) in [6, 6.07) is 0. The van der Waals surface area contributed by atoms with E-state index < -0.39 is 20.9 Å². The third-order valence-corrected chi connectivity index (χ3v) is 2.45. The molecule has 106 valence electrons. The van der Waals surface area contributed by atoms with Crippen molar-refractivity contribution in [1.29, 1.82) is 0 Å². The van der Waals surface area contributed by atoms with Gasteiger partial charge in [-0.2, -0.15) is 8.42 Å². The monoisotopic (exact) mass is 292 g/mol. The number of imidazole rings is 1. The van der Waals surface area contributed by atoms with Gasteiger partial charge in [-0.25, -0.2) is 0 Å². The zero-order chi connectivity index (χ0) is 14.5. The van der Waals surface area contributed by atoms with E-state index in [0.717, 1.165) is 18.8 Å². The molecule has 1 aromatic rings. The second kappa shape index (κ2) is 6.24. The lowest BCUT2D eigenvalue weighted by Gasteiger charge is -2.04. The van der Waals surface area contributed by atoms with Crippen LogP contribution >= 0.6 is 0 Å². The first-order valence-electron chi connectivity index (χ1n) is 5.05. The molecule has 0 aliphatic carbocycles. The van der Waals surface area contributed by atoms with Gasteiger partial charge in [0.2, 0.25) is 12.2 Å². The summed E-state index contributed by atoms with van der Waals surface area (Å²) in [6.07, 6.45) is 3.18. The summed E-state index contributed by atoms with van der Waals surface area (Å²) in [7, 11) is -3.53. The van der Waals surface area contributed by atoms with Gasteiger partial charge in [-0.05, 0) is 9.91 Å². The molecule has 0 radical (unpaired) electrons. The van der Waals surface area contributed by atoms with Gasteiger partial charge in [0.1, 0.15) is 12.7 Å². The van der Waals surface area contributed by atoms with Crippen molar-refractivity contribution in [2.45, 2.75) is 6.54 Å². The van der Waals surface area contributed by atoms with Gasteiger partial charge >= 0.3 is 5.82 Å². The van der Waals surface area contributed by atoms with Crippen LogP contribution in [0.1, 0.15) is 0 Å². The Morgan fingerprint density at radius 1 is 1.63 bits per heavy atom. The second-order valence-electron chi connectivity index (χ2n) is 3.54. The molecule has 0 fully saturated rings. The second-order valence-corrected chi connectivity index (χ2v) is 5.18. The fraction of sp³-hybridized carbons (Fsp3) is 0.500. The van der Waals surface area contributed by atoms with E-state index in [0.29, 0.717) is 0 Å². The van der Waals surface area contributed by atoms with Crippen molar-refractivity contribution in [3.05, 3.63) is 22.6 Å². The quantitative estimate of drug-likeness (QED) is 0.291. The number of nitro groups is 1. The van der Waals surface area contributed by atoms with Crippen LogP contribution in [0.3, 0.4) is 0 Å². The molecule has 1 rings (SSSR count). The van der Waals surface area contributed by atoms with Crippen LogP contribution in [0.25, 0.3) is 0 Å². The van der Waals surface area contributed by atoms with Crippen LogP contribution in [-0.4, -0.2) is 48.2 Å². The normalized spacial score (nSPS) is 11.2. The first kappa shape index (κ1) is 15.0. The van der Waals surface area contributed by atoms with Crippen LogP contribution in [-0.2, 0) is 25.6 Å². The summed E-state index contributed by atoms with van der Waals surface area (Å²) in [4.78, 5) is 24.5. The smallest absolute Gasteiger partial charge is 0.358 e. The van der Waals surface area contributed by atoms with Gasteiger partial charge in [-0.1, -0.05) is 0 Å². The number of hydrogen-bond donors (Lipinski definition) is 1. The Labute approximate surface area is 108 Å². The zero-order valence-corrected chi connectivity index (χ0v) is 10.8. The van der Waals surface area contributed by atoms with Gasteiger partial charge in [0.05, 0.1) is 12.9 Å². The minimum Gasteiger partial charge on any atom is -0.358 e. The Bertz CT molecular complexity index is 566. The molecule has 0 aromatic carbocycles. The van der Waals surface area contributed by atoms with Crippen molar-refractivity contribution in [2.75, 3.05) is 19.4 Å². The SMILES string of the molecule is CS(=O)(=O)OCCNC(=O)Cn1cnc([N+](=O)[O-])c1. The molecular weight excluding hydrogens is 280 g/mol. The van der Waals surface area contributed by atoms with E-state index >= 15 is 0 Å². The fourth-order valence-electron chi connectivity index (χ4n) is 1.13. The molecule has 1 N–H and O–H groups in total. The third kappa shape index (κ3) is 5.92. The molecular formula is C8H12N4O6S. The molecule has 10 nitrogen and oxygen atoms in total. The maximum absolute atomic E-state index is 11.4. The van der Waals surface area contributed by atoms with Gasteiger partial charge in [0, 0.05) is 6.54 Å². The topological polar surface area (TPSA) is 133 Å². The molecule has 0 aliphatic rings. The highest BCUT2D eigenvalue weighted by Crippen LogP contribution is 2.04. The van der Waals surface area contributed by atoms with Crippen molar-refractivity contribution in [3.8, 4) is 0 Å². The van der Waals surface area contributed by atoms with Crippen LogP contribution in [0.15, 0.2) is 12.5 Å². The van der Waals surface area contributed by atoms with Crippen LogP contribution in [0, 0.1) is 10.1 Å². The molecule has 0 atom stereocenters. The molecule has 0 bridgehead atoms. The number of aromatic nitrogens is 2. The summed E-state index contributed by atoms with van der Waals surface area (Å²) >= 11 is 0. The summed E-state index contributed by atoms with van der Waals surface area (Å²) in [5.74, 6) is -0.794. The van der Waals surface area contributed by atoms with E-state index in [9.17, 15) is 23.3 Å². The molecule has 0 saturated carbocycles. The van der Waals surface area contributed by atoms with Gasteiger partial charge in [-0.3, -0.25) is 8.98 Å². The number of nitrogens with one attached hydrogen (secondary N) is 1. The van der Waals surface area contributed by atoms with E-state index in [1.807, 2.05) is 0 Å². The van der Waals surface area contributed by atoms with Gasteiger partial charge < -0.3 is 20.0 Å². The largest absolute Gasteiger partial charge is 0.381 e. The molecule has 11 heteroatoms. The highest BCUT2D eigenvalue weighted by molar-refractivity contribution is 7.85. The van der Waals surface area contributed by atoms with E-state index in [1.54, 1.807) is 0 Å². The Balaban J connectivity index is 2.33. The Kier molecular flexibility index (Phi) is 4.94. The molecule has 0 saturated heterocycles. The molecule has 1 amide bonds. The lowest BCUT2D eigenvalue weighted by atomic mass is 10.5. The number of nitrogens with zero attached hydrogens (tertiary/aromatic N) is 3. The number of carbonyl (C=O) groups excluding carboxylic acids is 1. The van der Waals surface area contributed by atoms with Crippen LogP contribution < -0.4 is 5.32 Å². The van der Waals surface area contributed by atoms with Crippen molar-refractivity contribution < 1.29 is 22.3 Å². The van der Waals surface area contributed by atoms with Crippen LogP contribution in [0.4, 0.5) is 5.82 Å². The molecule has 0 unspecified atom stereocenters. The summed E-state index contributed by atoms with van der Waals surface area (Å²) in [6.45, 7) is -0.308. The third-order valence-electron chi connectivity index (χ3n) is 1.85. The summed E-state index contributed by atoms with van der Waals surface area (Å²) < 4.78 is 26.9. The molecule has 1 heterocycles. The molecule has 1 aromatic heterocycles. The van der Waals surface area contributed by atoms with E-state index in [1.165, 1.54) is 4.57 Å². The predicted molar refractivity (Wildman–Crippen MR) is 62.7 cm³/mol. The van der Waals surface area contributed by atoms with Gasteiger partial charge in [-0.15, -0.1) is 0 Å². The first-order valence-corrected chi connectivity index (χ1v) is 6.87. The summed E-state index contributed by atoms with van der Waals surface area (Å²) in [5.41, 5.74) is 0. The minimum absolute atomic E-state index is 0.0166. The average Bonchev–Trinajstić information content (AvgIpc) is 2.71. The van der Waals surface area contributed by atoms with Crippen molar-refractivity contribution in [2.24, 2.45) is 0 Å². The number of rotatable bonds is 7. The highest BCUT2D eigenvalue weighted by atomic mass is 32.2. The number of amides is 1. The van der Waals surface area contributed by atoms with Crippen molar-refractivity contribution >= 4 is 21.8 Å². The maximum Gasteiger partial charge on any atom is 0.381 e. The number of carbonyl (C=O) groups is 1. The van der Waals surface area contributed by atoms with Gasteiger partial charge in [0.15, 0.2) is 0 Å². The fourth-order valence-corrected chi connectivity index (χ4v) is 1.52. The standard InChI is InChI=1S/C8H12N4O6S/c1-19(16,17)18-3-2-9-8(13)5-11-4-7(10-6-11)12(14)15/h4,6H,2-3,5H2,1H3,(H,9,13). The van der Waals surface area contributed by atoms with E-state index in [-0.39, 0.29) is 25.5 Å². The number of hydrogen-bond acceptors (Lipinski definition) is 7. The Morgan fingerprint density at radius 2 is 2.32 bits per heavy atom. The minimum atomic E-state index is -3.53. The Hall–Kier alpha value is -2.01. The lowest BCUT2D eigenvalue weighted by Crippen LogP contribution is -2.30. The van der Waals surface area contributed by atoms with E-state index in [2.05, 4.69) is 14.5 Å². The van der Waals surface area contributed by atoms with Gasteiger partial charge in [0.25, 0.3) is 10.1 Å². The zero-order valence-electron chi connectivity index (χ0n) is 9.98. The van der Waals surface area contributed by atoms with Crippen LogP contribution in [0.2, 0.25) is 0 Å². The van der Waals surface area contributed by atoms with Crippen molar-refractivity contribution in [1.82, 2.24) is 14.9 Å². The van der Waals surface area contributed by atoms with Crippen molar-refractivity contribution in [3.63, 3.8) is 0 Å². The molecule has 0 spiro atoms. The lowest BCUT2D eigenvalue weighted by molar-refractivity contribution is -0.389. The average molecular weight is 292 g/mol. The van der Waals surface area contributed by atoms with Crippen LogP contribution in [0.5, 0.6) is 0 Å². The Morgan fingerprint density at radius 3 is 2.84 bits per heavy atom. The van der Waals surface area contributed by atoms with E-state index in [4.69, 9.17) is 0 Å². The summed E-state index contributed by atoms with van der Waals surface area (Å²) in [5, 5.41) is 12.8. The first-order chi connectivity index (χ1) is 8.78. The predicted octanol–water partition coefficient (Wildman–Crippen LogP) is -1.12. The maximum atomic E-state index is 11.4. The highest BCUT2D eigenvalue weighted by Gasteiger charge is 2.11. The molecule has 19 heavy (non-hydrogen) atoms.